The SMILES string of the molecule is COC12CC(CC=C1C)C2(C)C. The quantitative estimate of drug-likeness (QED) is 0.544. The fourth-order valence-electron chi connectivity index (χ4n) is 3.10. The summed E-state index contributed by atoms with van der Waals surface area (Å²) in [4.78, 5) is 0. The number of hydrogen-bond donors (Lipinski definition) is 0. The van der Waals surface area contributed by atoms with E-state index in [-0.39, 0.29) is 5.60 Å². The molecule has 1 nitrogen and oxygen atoms in total. The Labute approximate surface area is 74.8 Å². The van der Waals surface area contributed by atoms with E-state index in [0.717, 1.165) is 5.92 Å². The van der Waals surface area contributed by atoms with Crippen LogP contribution in [0.1, 0.15) is 33.6 Å². The summed E-state index contributed by atoms with van der Waals surface area (Å²) in [5.41, 5.74) is 1.88. The summed E-state index contributed by atoms with van der Waals surface area (Å²) in [7, 11) is 1.85. The Hall–Kier alpha value is -0.300. The standard InChI is InChI=1S/C11H18O/c1-8-5-6-9-7-11(8,12-4)10(9,2)3/h5,9H,6-7H2,1-4H3. The van der Waals surface area contributed by atoms with E-state index in [1.54, 1.807) is 0 Å². The molecular weight excluding hydrogens is 148 g/mol. The van der Waals surface area contributed by atoms with Gasteiger partial charge in [0.2, 0.25) is 0 Å². The van der Waals surface area contributed by atoms with Gasteiger partial charge in [0.1, 0.15) is 0 Å². The average molecular weight is 166 g/mol. The van der Waals surface area contributed by atoms with Crippen LogP contribution >= 0.6 is 0 Å². The predicted molar refractivity (Wildman–Crippen MR) is 50.0 cm³/mol. The van der Waals surface area contributed by atoms with Crippen LogP contribution in [0.4, 0.5) is 0 Å². The predicted octanol–water partition coefficient (Wildman–Crippen LogP) is 2.77. The van der Waals surface area contributed by atoms with Gasteiger partial charge in [-0.3, -0.25) is 0 Å². The molecule has 0 aromatic rings. The van der Waals surface area contributed by atoms with Crippen LogP contribution < -0.4 is 0 Å². The monoisotopic (exact) mass is 166 g/mol. The van der Waals surface area contributed by atoms with Crippen LogP contribution in [-0.2, 0) is 4.74 Å². The molecule has 0 radical (unpaired) electrons. The van der Waals surface area contributed by atoms with Crippen molar-refractivity contribution in [2.24, 2.45) is 11.3 Å². The van der Waals surface area contributed by atoms with Gasteiger partial charge in [0, 0.05) is 12.5 Å². The van der Waals surface area contributed by atoms with Gasteiger partial charge in [0.25, 0.3) is 0 Å². The molecule has 0 heterocycles. The lowest BCUT2D eigenvalue weighted by Gasteiger charge is -2.64. The highest BCUT2D eigenvalue weighted by Gasteiger charge is 2.62. The van der Waals surface area contributed by atoms with E-state index >= 15 is 0 Å². The molecule has 0 spiro atoms. The Kier molecular flexibility index (Phi) is 1.48. The molecule has 1 saturated carbocycles. The minimum atomic E-state index is 0.0793. The van der Waals surface area contributed by atoms with Crippen LogP contribution in [0.3, 0.4) is 0 Å². The number of rotatable bonds is 1. The molecule has 0 aromatic carbocycles. The number of allylic oxidation sites excluding steroid dienone is 1. The highest BCUT2D eigenvalue weighted by Crippen LogP contribution is 2.63. The zero-order valence-electron chi connectivity index (χ0n) is 8.48. The summed E-state index contributed by atoms with van der Waals surface area (Å²) in [6.07, 6.45) is 4.84. The van der Waals surface area contributed by atoms with Crippen LogP contribution in [0.25, 0.3) is 0 Å². The zero-order valence-corrected chi connectivity index (χ0v) is 8.48. The third-order valence-corrected chi connectivity index (χ3v) is 4.29. The molecule has 1 fully saturated rings. The van der Waals surface area contributed by atoms with Crippen molar-refractivity contribution in [1.29, 1.82) is 0 Å². The number of methoxy groups -OCH3 is 1. The van der Waals surface area contributed by atoms with Gasteiger partial charge in [-0.25, -0.2) is 0 Å². The maximum Gasteiger partial charge on any atom is 0.0941 e. The summed E-state index contributed by atoms with van der Waals surface area (Å²) < 4.78 is 5.70. The first-order valence-corrected chi connectivity index (χ1v) is 4.77. The lowest BCUT2D eigenvalue weighted by molar-refractivity contribution is -0.194. The Morgan fingerprint density at radius 2 is 2.17 bits per heavy atom. The number of ether oxygens (including phenoxy) is 1. The van der Waals surface area contributed by atoms with Crippen LogP contribution in [-0.4, -0.2) is 12.7 Å². The molecular formula is C11H18O. The topological polar surface area (TPSA) is 9.23 Å². The smallest absolute Gasteiger partial charge is 0.0941 e. The van der Waals surface area contributed by atoms with Crippen molar-refractivity contribution in [2.75, 3.05) is 7.11 Å². The van der Waals surface area contributed by atoms with Crippen molar-refractivity contribution in [1.82, 2.24) is 0 Å². The van der Waals surface area contributed by atoms with Crippen molar-refractivity contribution in [3.05, 3.63) is 11.6 Å². The Morgan fingerprint density at radius 3 is 2.50 bits per heavy atom. The molecule has 2 unspecified atom stereocenters. The summed E-state index contributed by atoms with van der Waals surface area (Å²) in [5, 5.41) is 0. The van der Waals surface area contributed by atoms with E-state index in [0.29, 0.717) is 5.41 Å². The number of fused-ring (bicyclic) bond motifs is 1. The van der Waals surface area contributed by atoms with Gasteiger partial charge in [-0.15, -0.1) is 0 Å². The number of hydrogen-bond acceptors (Lipinski definition) is 1. The van der Waals surface area contributed by atoms with Gasteiger partial charge in [0.05, 0.1) is 5.60 Å². The highest BCUT2D eigenvalue weighted by molar-refractivity contribution is 5.32. The molecule has 3 aliphatic carbocycles. The lowest BCUT2D eigenvalue weighted by atomic mass is 9.46. The van der Waals surface area contributed by atoms with Crippen molar-refractivity contribution in [3.63, 3.8) is 0 Å². The van der Waals surface area contributed by atoms with Crippen LogP contribution in [0.5, 0.6) is 0 Å². The maximum atomic E-state index is 5.70. The lowest BCUT2D eigenvalue weighted by Crippen LogP contribution is -2.64. The Bertz CT molecular complexity index is 239. The van der Waals surface area contributed by atoms with Gasteiger partial charge in [-0.2, -0.15) is 0 Å². The zero-order chi connectivity index (χ0) is 8.98. The first-order chi connectivity index (χ1) is 5.54. The third kappa shape index (κ3) is 0.646. The third-order valence-electron chi connectivity index (χ3n) is 4.29. The van der Waals surface area contributed by atoms with E-state index in [1.165, 1.54) is 18.4 Å². The van der Waals surface area contributed by atoms with Gasteiger partial charge in [0.15, 0.2) is 0 Å². The van der Waals surface area contributed by atoms with Gasteiger partial charge < -0.3 is 4.74 Å². The fraction of sp³-hybridized carbons (Fsp3) is 0.818. The molecule has 0 aromatic heterocycles. The van der Waals surface area contributed by atoms with E-state index in [2.05, 4.69) is 26.8 Å². The molecule has 3 aliphatic rings. The van der Waals surface area contributed by atoms with Gasteiger partial charge in [-0.1, -0.05) is 19.9 Å². The van der Waals surface area contributed by atoms with E-state index in [1.807, 2.05) is 7.11 Å². The fourth-order valence-corrected chi connectivity index (χ4v) is 3.10. The first-order valence-electron chi connectivity index (χ1n) is 4.77. The van der Waals surface area contributed by atoms with Crippen molar-refractivity contribution >= 4 is 0 Å². The minimum absolute atomic E-state index is 0.0793. The average Bonchev–Trinajstić information content (AvgIpc) is 2.04. The van der Waals surface area contributed by atoms with Crippen LogP contribution in [0.15, 0.2) is 11.6 Å². The highest BCUT2D eigenvalue weighted by atomic mass is 16.5. The Balaban J connectivity index is 2.41. The van der Waals surface area contributed by atoms with E-state index in [4.69, 9.17) is 4.74 Å². The first kappa shape index (κ1) is 8.31. The molecule has 3 rings (SSSR count). The molecule has 2 atom stereocenters. The second-order valence-corrected chi connectivity index (χ2v) is 4.78. The maximum absolute atomic E-state index is 5.70. The molecule has 68 valence electrons. The molecule has 0 saturated heterocycles. The molecule has 1 heteroatoms. The molecule has 2 bridgehead atoms. The second-order valence-electron chi connectivity index (χ2n) is 4.78. The summed E-state index contributed by atoms with van der Waals surface area (Å²) in [6, 6.07) is 0. The molecule has 0 amide bonds. The van der Waals surface area contributed by atoms with Gasteiger partial charge >= 0.3 is 0 Å². The van der Waals surface area contributed by atoms with Crippen LogP contribution in [0.2, 0.25) is 0 Å². The van der Waals surface area contributed by atoms with Crippen molar-refractivity contribution < 1.29 is 4.74 Å². The largest absolute Gasteiger partial charge is 0.373 e. The molecule has 0 aliphatic heterocycles. The summed E-state index contributed by atoms with van der Waals surface area (Å²) >= 11 is 0. The molecule has 12 heavy (non-hydrogen) atoms. The van der Waals surface area contributed by atoms with Crippen molar-refractivity contribution in [2.45, 2.75) is 39.2 Å². The minimum Gasteiger partial charge on any atom is -0.373 e. The summed E-state index contributed by atoms with van der Waals surface area (Å²) in [6.45, 7) is 6.88. The van der Waals surface area contributed by atoms with E-state index in [9.17, 15) is 0 Å². The van der Waals surface area contributed by atoms with Crippen LogP contribution in [0, 0.1) is 11.3 Å². The second kappa shape index (κ2) is 2.14. The normalized spacial score (nSPS) is 43.3. The van der Waals surface area contributed by atoms with Gasteiger partial charge in [-0.05, 0) is 31.3 Å². The van der Waals surface area contributed by atoms with Crippen molar-refractivity contribution in [3.8, 4) is 0 Å². The Morgan fingerprint density at radius 1 is 1.50 bits per heavy atom. The van der Waals surface area contributed by atoms with E-state index < -0.39 is 0 Å². The summed E-state index contributed by atoms with van der Waals surface area (Å²) in [5.74, 6) is 0.848. The molecule has 0 N–H and O–H groups in total.